The van der Waals surface area contributed by atoms with Crippen molar-refractivity contribution in [2.24, 2.45) is 5.73 Å². The molecule has 0 aliphatic carbocycles. The first kappa shape index (κ1) is 20.0. The third-order valence-electron chi connectivity index (χ3n) is 3.07. The predicted octanol–water partition coefficient (Wildman–Crippen LogP) is 0.315. The topological polar surface area (TPSA) is 78.7 Å². The predicted molar refractivity (Wildman–Crippen MR) is 89.7 cm³/mol. The van der Waals surface area contributed by atoms with Crippen molar-refractivity contribution >= 4 is 53.0 Å². The number of nitrogens with zero attached hydrogens (tertiary/aromatic N) is 2. The largest absolute Gasteiger partial charge is 0.360 e. The molecule has 0 atom stereocenters. The maximum Gasteiger partial charge on any atom is 0.242 e. The molecular formula is C12H20Cl2N4O2S. The van der Waals surface area contributed by atoms with Crippen molar-refractivity contribution in [1.82, 2.24) is 10.2 Å². The molecule has 1 aliphatic rings. The molecule has 6 nitrogen and oxygen atoms in total. The summed E-state index contributed by atoms with van der Waals surface area (Å²) in [5, 5.41) is 5.79. The van der Waals surface area contributed by atoms with Crippen molar-refractivity contribution in [2.45, 2.75) is 0 Å². The molecule has 120 valence electrons. The zero-order valence-corrected chi connectivity index (χ0v) is 13.9. The molecule has 2 rings (SSSR count). The van der Waals surface area contributed by atoms with Crippen molar-refractivity contribution in [3.8, 4) is 0 Å². The van der Waals surface area contributed by atoms with Gasteiger partial charge in [-0.15, -0.1) is 36.2 Å². The number of rotatable bonds is 4. The Morgan fingerprint density at radius 1 is 1.24 bits per heavy atom. The molecule has 0 aromatic carbocycles. The Balaban J connectivity index is 0.00000200. The molecule has 1 aromatic rings. The van der Waals surface area contributed by atoms with Gasteiger partial charge in [0, 0.05) is 26.2 Å². The standard InChI is InChI=1S/C12H18N4O2S.2ClH/c13-8-10(17)14-9-11(18)15-3-5-16(6-4-15)12-2-1-7-19-12;;/h1-2,7H,3-6,8-9,13H2,(H,14,17);2*1H. The van der Waals surface area contributed by atoms with Gasteiger partial charge in [0.05, 0.1) is 18.1 Å². The average molecular weight is 355 g/mol. The normalized spacial score (nSPS) is 14.0. The van der Waals surface area contributed by atoms with E-state index in [0.29, 0.717) is 13.1 Å². The van der Waals surface area contributed by atoms with Gasteiger partial charge >= 0.3 is 0 Å². The zero-order chi connectivity index (χ0) is 13.7. The minimum atomic E-state index is -0.300. The monoisotopic (exact) mass is 354 g/mol. The highest BCUT2D eigenvalue weighted by molar-refractivity contribution is 7.14. The number of thiophene rings is 1. The summed E-state index contributed by atoms with van der Waals surface area (Å²) in [6.45, 7) is 2.99. The molecule has 0 radical (unpaired) electrons. The first-order valence-electron chi connectivity index (χ1n) is 6.23. The lowest BCUT2D eigenvalue weighted by atomic mass is 10.3. The molecule has 9 heteroatoms. The van der Waals surface area contributed by atoms with Crippen LogP contribution in [0, 0.1) is 0 Å². The lowest BCUT2D eigenvalue weighted by Gasteiger charge is -2.35. The Bertz CT molecular complexity index is 436. The number of hydrogen-bond acceptors (Lipinski definition) is 5. The third kappa shape index (κ3) is 5.70. The van der Waals surface area contributed by atoms with Crippen LogP contribution in [-0.4, -0.2) is 56.0 Å². The summed E-state index contributed by atoms with van der Waals surface area (Å²) in [6, 6.07) is 4.11. The van der Waals surface area contributed by atoms with Gasteiger partial charge in [0.25, 0.3) is 0 Å². The first-order chi connectivity index (χ1) is 9.20. The maximum atomic E-state index is 11.9. The molecule has 3 N–H and O–H groups in total. The van der Waals surface area contributed by atoms with E-state index >= 15 is 0 Å². The van der Waals surface area contributed by atoms with Gasteiger partial charge < -0.3 is 20.9 Å². The van der Waals surface area contributed by atoms with Crippen molar-refractivity contribution in [1.29, 1.82) is 0 Å². The Morgan fingerprint density at radius 2 is 1.90 bits per heavy atom. The first-order valence-corrected chi connectivity index (χ1v) is 7.11. The fourth-order valence-electron chi connectivity index (χ4n) is 1.98. The Labute approximate surface area is 140 Å². The fraction of sp³-hybridized carbons (Fsp3) is 0.500. The number of carbonyl (C=O) groups excluding carboxylic acids is 2. The number of anilines is 1. The van der Waals surface area contributed by atoms with E-state index in [1.54, 1.807) is 16.2 Å². The maximum absolute atomic E-state index is 11.9. The quantitative estimate of drug-likeness (QED) is 0.815. The van der Waals surface area contributed by atoms with E-state index in [1.807, 2.05) is 6.07 Å². The number of piperazine rings is 1. The minimum absolute atomic E-state index is 0. The van der Waals surface area contributed by atoms with Gasteiger partial charge in [-0.3, -0.25) is 9.59 Å². The lowest BCUT2D eigenvalue weighted by molar-refractivity contribution is -0.132. The lowest BCUT2D eigenvalue weighted by Crippen LogP contribution is -2.51. The van der Waals surface area contributed by atoms with E-state index in [2.05, 4.69) is 21.7 Å². The average Bonchev–Trinajstić information content (AvgIpc) is 2.98. The molecule has 1 fully saturated rings. The van der Waals surface area contributed by atoms with Crippen molar-refractivity contribution < 1.29 is 9.59 Å². The van der Waals surface area contributed by atoms with Crippen LogP contribution in [0.15, 0.2) is 17.5 Å². The van der Waals surface area contributed by atoms with Crippen LogP contribution < -0.4 is 16.0 Å². The van der Waals surface area contributed by atoms with Crippen LogP contribution in [0.4, 0.5) is 5.00 Å². The highest BCUT2D eigenvalue weighted by Gasteiger charge is 2.21. The summed E-state index contributed by atoms with van der Waals surface area (Å²) >= 11 is 1.71. The van der Waals surface area contributed by atoms with Crippen LogP contribution in [-0.2, 0) is 9.59 Å². The van der Waals surface area contributed by atoms with Crippen molar-refractivity contribution in [2.75, 3.05) is 44.2 Å². The SMILES string of the molecule is Cl.Cl.NCC(=O)NCC(=O)N1CCN(c2cccs2)CC1. The molecule has 1 aromatic heterocycles. The zero-order valence-electron chi connectivity index (χ0n) is 11.5. The van der Waals surface area contributed by atoms with Gasteiger partial charge in [0.2, 0.25) is 11.8 Å². The van der Waals surface area contributed by atoms with Gasteiger partial charge in [-0.05, 0) is 17.5 Å². The highest BCUT2D eigenvalue weighted by atomic mass is 35.5. The molecule has 0 bridgehead atoms. The number of hydrogen-bond donors (Lipinski definition) is 2. The van der Waals surface area contributed by atoms with Crippen LogP contribution in [0.3, 0.4) is 0 Å². The number of nitrogens with one attached hydrogen (secondary N) is 1. The number of nitrogens with two attached hydrogens (primary N) is 1. The van der Waals surface area contributed by atoms with Crippen LogP contribution in [0.1, 0.15) is 0 Å². The van der Waals surface area contributed by atoms with Crippen LogP contribution in [0.5, 0.6) is 0 Å². The Hall–Kier alpha value is -1.02. The molecule has 2 amide bonds. The Morgan fingerprint density at radius 3 is 2.43 bits per heavy atom. The molecule has 1 aliphatic heterocycles. The van der Waals surface area contributed by atoms with Crippen LogP contribution in [0.2, 0.25) is 0 Å². The summed E-state index contributed by atoms with van der Waals surface area (Å²) in [7, 11) is 0. The van der Waals surface area contributed by atoms with E-state index in [-0.39, 0.29) is 49.7 Å². The molecule has 0 saturated carbocycles. The van der Waals surface area contributed by atoms with Gasteiger partial charge in [0.1, 0.15) is 0 Å². The molecule has 2 heterocycles. The second kappa shape index (κ2) is 9.83. The van der Waals surface area contributed by atoms with Gasteiger partial charge in [-0.2, -0.15) is 0 Å². The number of amides is 2. The smallest absolute Gasteiger partial charge is 0.242 e. The summed E-state index contributed by atoms with van der Waals surface area (Å²) in [5.74, 6) is -0.349. The second-order valence-electron chi connectivity index (χ2n) is 4.30. The molecule has 0 unspecified atom stereocenters. The summed E-state index contributed by atoms with van der Waals surface area (Å²) in [5.41, 5.74) is 5.17. The second-order valence-corrected chi connectivity index (χ2v) is 5.23. The van der Waals surface area contributed by atoms with E-state index in [4.69, 9.17) is 5.73 Å². The van der Waals surface area contributed by atoms with Crippen molar-refractivity contribution in [3.63, 3.8) is 0 Å². The molecule has 0 spiro atoms. The van der Waals surface area contributed by atoms with Crippen LogP contribution >= 0.6 is 36.2 Å². The van der Waals surface area contributed by atoms with E-state index < -0.39 is 0 Å². The van der Waals surface area contributed by atoms with Gasteiger partial charge in [-0.1, -0.05) is 0 Å². The van der Waals surface area contributed by atoms with Gasteiger partial charge in [0.15, 0.2) is 0 Å². The van der Waals surface area contributed by atoms with E-state index in [1.165, 1.54) is 5.00 Å². The summed E-state index contributed by atoms with van der Waals surface area (Å²) in [6.07, 6.45) is 0. The highest BCUT2D eigenvalue weighted by Crippen LogP contribution is 2.22. The fourth-order valence-corrected chi connectivity index (χ4v) is 2.77. The molecule has 1 saturated heterocycles. The third-order valence-corrected chi connectivity index (χ3v) is 4.00. The van der Waals surface area contributed by atoms with Crippen LogP contribution in [0.25, 0.3) is 0 Å². The van der Waals surface area contributed by atoms with E-state index in [0.717, 1.165) is 13.1 Å². The van der Waals surface area contributed by atoms with Gasteiger partial charge in [-0.25, -0.2) is 0 Å². The van der Waals surface area contributed by atoms with Crippen molar-refractivity contribution in [3.05, 3.63) is 17.5 Å². The van der Waals surface area contributed by atoms with E-state index in [9.17, 15) is 9.59 Å². The minimum Gasteiger partial charge on any atom is -0.360 e. The molecule has 21 heavy (non-hydrogen) atoms. The summed E-state index contributed by atoms with van der Waals surface area (Å²) in [4.78, 5) is 26.9. The summed E-state index contributed by atoms with van der Waals surface area (Å²) < 4.78 is 0. The number of halogens is 2. The Kier molecular flexibility index (Phi) is 9.36. The number of carbonyl (C=O) groups is 2. The molecular weight excluding hydrogens is 335 g/mol.